The largest absolute Gasteiger partial charge is 0.460 e. The van der Waals surface area contributed by atoms with Crippen LogP contribution in [0, 0.1) is 0 Å². The number of hydrogen-bond donors (Lipinski definition) is 0. The summed E-state index contributed by atoms with van der Waals surface area (Å²) in [4.78, 5) is 15.1. The summed E-state index contributed by atoms with van der Waals surface area (Å²) in [5, 5.41) is 3.64. The first-order chi connectivity index (χ1) is 10.2. The van der Waals surface area contributed by atoms with Crippen molar-refractivity contribution >= 4 is 5.97 Å². The zero-order valence-corrected chi connectivity index (χ0v) is 11.6. The standard InChI is InChI=1S/C16H15N3O2/c1-16(18-19-17,14-10-6-3-7-11-14)15(20)21-12-13-8-4-2-5-9-13/h2-11H,12H2,1H3/t16-/m0/s1. The van der Waals surface area contributed by atoms with E-state index in [2.05, 4.69) is 10.0 Å². The summed E-state index contributed by atoms with van der Waals surface area (Å²) in [5.74, 6) is -0.574. The minimum Gasteiger partial charge on any atom is -0.460 e. The molecule has 0 amide bonds. The Bertz CT molecular complexity index is 652. The molecular weight excluding hydrogens is 266 g/mol. The van der Waals surface area contributed by atoms with Crippen LogP contribution in [0.15, 0.2) is 65.8 Å². The Morgan fingerprint density at radius 2 is 1.71 bits per heavy atom. The molecular formula is C16H15N3O2. The van der Waals surface area contributed by atoms with Crippen LogP contribution in [0.2, 0.25) is 0 Å². The third-order valence-electron chi connectivity index (χ3n) is 3.19. The summed E-state index contributed by atoms with van der Waals surface area (Å²) in [6, 6.07) is 18.2. The maximum atomic E-state index is 12.3. The first-order valence-corrected chi connectivity index (χ1v) is 6.50. The fourth-order valence-corrected chi connectivity index (χ4v) is 1.93. The molecule has 2 rings (SSSR count). The van der Waals surface area contributed by atoms with Crippen molar-refractivity contribution < 1.29 is 9.53 Å². The minimum atomic E-state index is -1.37. The lowest BCUT2D eigenvalue weighted by atomic mass is 9.93. The molecule has 0 radical (unpaired) electrons. The van der Waals surface area contributed by atoms with Gasteiger partial charge in [0.2, 0.25) is 0 Å². The van der Waals surface area contributed by atoms with Crippen LogP contribution in [0.4, 0.5) is 0 Å². The van der Waals surface area contributed by atoms with Crippen molar-refractivity contribution in [2.75, 3.05) is 0 Å². The van der Waals surface area contributed by atoms with Crippen LogP contribution >= 0.6 is 0 Å². The van der Waals surface area contributed by atoms with E-state index in [0.717, 1.165) is 5.56 Å². The van der Waals surface area contributed by atoms with Crippen molar-refractivity contribution in [1.29, 1.82) is 0 Å². The van der Waals surface area contributed by atoms with Crippen molar-refractivity contribution in [2.24, 2.45) is 5.11 Å². The highest BCUT2D eigenvalue weighted by molar-refractivity contribution is 5.82. The molecule has 0 aliphatic rings. The zero-order chi connectivity index (χ0) is 15.1. The van der Waals surface area contributed by atoms with E-state index in [-0.39, 0.29) is 6.61 Å². The predicted octanol–water partition coefficient (Wildman–Crippen LogP) is 3.96. The zero-order valence-electron chi connectivity index (χ0n) is 11.6. The number of azide groups is 1. The van der Waals surface area contributed by atoms with Crippen molar-refractivity contribution in [2.45, 2.75) is 19.1 Å². The van der Waals surface area contributed by atoms with Crippen molar-refractivity contribution in [3.05, 3.63) is 82.2 Å². The van der Waals surface area contributed by atoms with Crippen LogP contribution in [0.1, 0.15) is 18.1 Å². The molecule has 2 aromatic rings. The van der Waals surface area contributed by atoms with Gasteiger partial charge in [-0.3, -0.25) is 4.79 Å². The molecule has 5 heteroatoms. The van der Waals surface area contributed by atoms with Gasteiger partial charge in [-0.1, -0.05) is 65.8 Å². The van der Waals surface area contributed by atoms with Gasteiger partial charge < -0.3 is 4.74 Å². The van der Waals surface area contributed by atoms with Gasteiger partial charge in [0.05, 0.1) is 0 Å². The van der Waals surface area contributed by atoms with E-state index >= 15 is 0 Å². The lowest BCUT2D eigenvalue weighted by Crippen LogP contribution is -2.31. The second-order valence-corrected chi connectivity index (χ2v) is 4.69. The Balaban J connectivity index is 2.18. The minimum absolute atomic E-state index is 0.142. The number of carbonyl (C=O) groups is 1. The fourth-order valence-electron chi connectivity index (χ4n) is 1.93. The second kappa shape index (κ2) is 6.59. The highest BCUT2D eigenvalue weighted by atomic mass is 16.5. The summed E-state index contributed by atoms with van der Waals surface area (Å²) in [7, 11) is 0. The molecule has 0 spiro atoms. The molecule has 0 bridgehead atoms. The van der Waals surface area contributed by atoms with Gasteiger partial charge in [0, 0.05) is 4.91 Å². The van der Waals surface area contributed by atoms with E-state index in [1.807, 2.05) is 36.4 Å². The lowest BCUT2D eigenvalue weighted by molar-refractivity contribution is -0.151. The topological polar surface area (TPSA) is 75.1 Å². The van der Waals surface area contributed by atoms with Gasteiger partial charge in [0.25, 0.3) is 0 Å². The number of rotatable bonds is 5. The highest BCUT2D eigenvalue weighted by Crippen LogP contribution is 2.27. The fraction of sp³-hybridized carbons (Fsp3) is 0.188. The normalized spacial score (nSPS) is 12.8. The van der Waals surface area contributed by atoms with Crippen molar-refractivity contribution in [3.63, 3.8) is 0 Å². The SMILES string of the molecule is C[C@@](N=[N+]=[N-])(C(=O)OCc1ccccc1)c1ccccc1. The van der Waals surface area contributed by atoms with Crippen molar-refractivity contribution in [1.82, 2.24) is 0 Å². The molecule has 0 aliphatic carbocycles. The third kappa shape index (κ3) is 3.41. The average molecular weight is 281 g/mol. The smallest absolute Gasteiger partial charge is 0.322 e. The molecule has 0 aromatic heterocycles. The van der Waals surface area contributed by atoms with Gasteiger partial charge in [-0.2, -0.15) is 0 Å². The Hall–Kier alpha value is -2.78. The van der Waals surface area contributed by atoms with Gasteiger partial charge in [0.1, 0.15) is 6.61 Å². The van der Waals surface area contributed by atoms with Crippen LogP contribution < -0.4 is 0 Å². The highest BCUT2D eigenvalue weighted by Gasteiger charge is 2.36. The molecule has 21 heavy (non-hydrogen) atoms. The van der Waals surface area contributed by atoms with E-state index in [4.69, 9.17) is 10.3 Å². The van der Waals surface area contributed by atoms with Crippen LogP contribution in [-0.4, -0.2) is 5.97 Å². The number of carbonyl (C=O) groups excluding carboxylic acids is 1. The Morgan fingerprint density at radius 3 is 2.29 bits per heavy atom. The van der Waals surface area contributed by atoms with Crippen LogP contribution in [0.25, 0.3) is 10.4 Å². The number of ether oxygens (including phenoxy) is 1. The molecule has 1 atom stereocenters. The molecule has 2 aromatic carbocycles. The van der Waals surface area contributed by atoms with Crippen LogP contribution in [-0.2, 0) is 21.7 Å². The molecule has 0 N–H and O–H groups in total. The summed E-state index contributed by atoms with van der Waals surface area (Å²) in [6.07, 6.45) is 0. The van der Waals surface area contributed by atoms with Gasteiger partial charge in [-0.25, -0.2) is 0 Å². The molecule has 106 valence electrons. The predicted molar refractivity (Wildman–Crippen MR) is 79.2 cm³/mol. The molecule has 0 saturated carbocycles. The van der Waals surface area contributed by atoms with E-state index in [9.17, 15) is 4.79 Å². The Morgan fingerprint density at radius 1 is 1.14 bits per heavy atom. The lowest BCUT2D eigenvalue weighted by Gasteiger charge is -2.22. The first-order valence-electron chi connectivity index (χ1n) is 6.50. The van der Waals surface area contributed by atoms with E-state index in [1.165, 1.54) is 0 Å². The Labute approximate surface area is 122 Å². The van der Waals surface area contributed by atoms with Crippen molar-refractivity contribution in [3.8, 4) is 0 Å². The maximum absolute atomic E-state index is 12.3. The van der Waals surface area contributed by atoms with E-state index in [0.29, 0.717) is 5.56 Å². The van der Waals surface area contributed by atoms with Gasteiger partial charge >= 0.3 is 5.97 Å². The summed E-state index contributed by atoms with van der Waals surface area (Å²) in [6.45, 7) is 1.69. The van der Waals surface area contributed by atoms with E-state index in [1.54, 1.807) is 31.2 Å². The van der Waals surface area contributed by atoms with Gasteiger partial charge in [-0.15, -0.1) is 0 Å². The quantitative estimate of drug-likeness (QED) is 0.360. The molecule has 0 saturated heterocycles. The molecule has 0 fully saturated rings. The van der Waals surface area contributed by atoms with Gasteiger partial charge in [0.15, 0.2) is 5.54 Å². The maximum Gasteiger partial charge on any atom is 0.322 e. The Kier molecular flexibility index (Phi) is 4.59. The van der Waals surface area contributed by atoms with E-state index < -0.39 is 11.5 Å². The monoisotopic (exact) mass is 281 g/mol. The molecule has 0 heterocycles. The number of hydrogen-bond acceptors (Lipinski definition) is 3. The summed E-state index contributed by atoms with van der Waals surface area (Å²) in [5.41, 5.74) is 8.85. The molecule has 0 unspecified atom stereocenters. The summed E-state index contributed by atoms with van der Waals surface area (Å²) < 4.78 is 5.30. The number of nitrogens with zero attached hydrogens (tertiary/aromatic N) is 3. The number of esters is 1. The summed E-state index contributed by atoms with van der Waals surface area (Å²) >= 11 is 0. The first kappa shape index (κ1) is 14.6. The third-order valence-corrected chi connectivity index (χ3v) is 3.19. The molecule has 0 aliphatic heterocycles. The van der Waals surface area contributed by atoms with Crippen LogP contribution in [0.3, 0.4) is 0 Å². The molecule has 5 nitrogen and oxygen atoms in total. The van der Waals surface area contributed by atoms with Gasteiger partial charge in [-0.05, 0) is 23.6 Å². The second-order valence-electron chi connectivity index (χ2n) is 4.69. The van der Waals surface area contributed by atoms with Crippen LogP contribution in [0.5, 0.6) is 0 Å². The number of benzene rings is 2. The average Bonchev–Trinajstić information content (AvgIpc) is 2.54.